The van der Waals surface area contributed by atoms with Crippen molar-refractivity contribution in [3.05, 3.63) is 65.2 Å². The molecule has 8 nitrogen and oxygen atoms in total. The van der Waals surface area contributed by atoms with Gasteiger partial charge in [0.15, 0.2) is 0 Å². The van der Waals surface area contributed by atoms with Gasteiger partial charge in [-0.25, -0.2) is 0 Å². The van der Waals surface area contributed by atoms with Gasteiger partial charge >= 0.3 is 11.9 Å². The van der Waals surface area contributed by atoms with Gasteiger partial charge < -0.3 is 9.47 Å². The van der Waals surface area contributed by atoms with Crippen molar-refractivity contribution in [3.8, 4) is 0 Å². The van der Waals surface area contributed by atoms with Crippen molar-refractivity contribution in [1.29, 1.82) is 0 Å². The summed E-state index contributed by atoms with van der Waals surface area (Å²) in [5.41, 5.74) is 2.95. The number of hydrogen-bond donors (Lipinski definition) is 1. The van der Waals surface area contributed by atoms with Gasteiger partial charge in [0.05, 0.1) is 25.8 Å². The van der Waals surface area contributed by atoms with Crippen LogP contribution in [0.5, 0.6) is 0 Å². The van der Waals surface area contributed by atoms with E-state index in [-0.39, 0.29) is 18.3 Å². The van der Waals surface area contributed by atoms with Gasteiger partial charge in [0, 0.05) is 23.6 Å². The van der Waals surface area contributed by atoms with Gasteiger partial charge in [-0.1, -0.05) is 56.3 Å². The molecule has 0 radical (unpaired) electrons. The van der Waals surface area contributed by atoms with Crippen molar-refractivity contribution in [2.75, 3.05) is 18.6 Å². The molecule has 36 heavy (non-hydrogen) atoms. The fourth-order valence-corrected chi connectivity index (χ4v) is 4.68. The van der Waals surface area contributed by atoms with Crippen molar-refractivity contribution in [1.82, 2.24) is 5.32 Å². The van der Waals surface area contributed by atoms with Crippen LogP contribution in [0.4, 0.5) is 5.69 Å². The second kappa shape index (κ2) is 12.4. The summed E-state index contributed by atoms with van der Waals surface area (Å²) in [4.78, 5) is 51.7. The molecule has 4 atom stereocenters. The maximum absolute atomic E-state index is 13.7. The molecule has 1 amide bonds. The zero-order chi connectivity index (χ0) is 26.2. The standard InChI is InChI=1S/C28H34N2O6/c1-5-36-27(33)19(3)14-18(2)26(32)30-24-13-9-8-11-21(24)16-25(30)29-23(28(34)35-4)15-20-10-6-7-12-22(20)17-31/h6-13,17-19,23,25,29H,5,14-16H2,1-4H3/t18-,19-,23+,25+/m1/s1. The quantitative estimate of drug-likeness (QED) is 0.378. The molecule has 2 aromatic carbocycles. The van der Waals surface area contributed by atoms with Gasteiger partial charge in [-0.2, -0.15) is 0 Å². The van der Waals surface area contributed by atoms with Gasteiger partial charge in [0.2, 0.25) is 5.91 Å². The fraction of sp³-hybridized carbons (Fsp3) is 0.429. The third-order valence-corrected chi connectivity index (χ3v) is 6.52. The van der Waals surface area contributed by atoms with Crippen LogP contribution in [0.15, 0.2) is 48.5 Å². The lowest BCUT2D eigenvalue weighted by atomic mass is 9.96. The molecule has 8 heteroatoms. The van der Waals surface area contributed by atoms with E-state index in [1.54, 1.807) is 43.9 Å². The average molecular weight is 495 g/mol. The molecule has 0 unspecified atom stereocenters. The molecule has 0 spiro atoms. The summed E-state index contributed by atoms with van der Waals surface area (Å²) in [5, 5.41) is 3.32. The van der Waals surface area contributed by atoms with Crippen LogP contribution in [-0.4, -0.2) is 50.1 Å². The molecule has 0 aliphatic carbocycles. The van der Waals surface area contributed by atoms with Crippen LogP contribution in [-0.2, 0) is 36.7 Å². The van der Waals surface area contributed by atoms with Crippen LogP contribution in [0.3, 0.4) is 0 Å². The highest BCUT2D eigenvalue weighted by Crippen LogP contribution is 2.33. The molecule has 192 valence electrons. The first-order chi connectivity index (χ1) is 17.3. The number of benzene rings is 2. The number of fused-ring (bicyclic) bond motifs is 1. The van der Waals surface area contributed by atoms with Crippen molar-refractivity contribution in [2.45, 2.75) is 52.2 Å². The minimum atomic E-state index is -0.778. The Morgan fingerprint density at radius 1 is 1.06 bits per heavy atom. The number of para-hydroxylation sites is 1. The van der Waals surface area contributed by atoms with Crippen molar-refractivity contribution >= 4 is 29.8 Å². The van der Waals surface area contributed by atoms with E-state index in [0.717, 1.165) is 17.5 Å². The van der Waals surface area contributed by atoms with E-state index in [2.05, 4.69) is 5.32 Å². The van der Waals surface area contributed by atoms with Crippen molar-refractivity contribution < 1.29 is 28.7 Å². The molecule has 0 saturated heterocycles. The monoisotopic (exact) mass is 494 g/mol. The normalized spacial score (nSPS) is 17.0. The number of methoxy groups -OCH3 is 1. The largest absolute Gasteiger partial charge is 0.468 e. The summed E-state index contributed by atoms with van der Waals surface area (Å²) < 4.78 is 10.1. The number of nitrogens with one attached hydrogen (secondary N) is 1. The highest BCUT2D eigenvalue weighted by molar-refractivity contribution is 5.98. The van der Waals surface area contributed by atoms with E-state index in [0.29, 0.717) is 30.6 Å². The number of carbonyl (C=O) groups is 4. The van der Waals surface area contributed by atoms with Crippen LogP contribution < -0.4 is 10.2 Å². The Labute approximate surface area is 212 Å². The summed E-state index contributed by atoms with van der Waals surface area (Å²) in [5.74, 6) is -1.83. The van der Waals surface area contributed by atoms with Gasteiger partial charge in [-0.05, 0) is 37.0 Å². The lowest BCUT2D eigenvalue weighted by Crippen LogP contribution is -2.55. The Kier molecular flexibility index (Phi) is 9.36. The molecule has 0 fully saturated rings. The number of esters is 2. The van der Waals surface area contributed by atoms with Crippen LogP contribution in [0.1, 0.15) is 48.7 Å². The Morgan fingerprint density at radius 3 is 2.44 bits per heavy atom. The van der Waals surface area contributed by atoms with E-state index < -0.39 is 30.0 Å². The topological polar surface area (TPSA) is 102 Å². The van der Waals surface area contributed by atoms with Crippen LogP contribution in [0.25, 0.3) is 0 Å². The Morgan fingerprint density at radius 2 is 1.75 bits per heavy atom. The Bertz CT molecular complexity index is 1100. The third-order valence-electron chi connectivity index (χ3n) is 6.52. The first-order valence-corrected chi connectivity index (χ1v) is 12.2. The summed E-state index contributed by atoms with van der Waals surface area (Å²) in [6, 6.07) is 13.9. The molecule has 0 bridgehead atoms. The van der Waals surface area contributed by atoms with E-state index in [1.165, 1.54) is 7.11 Å². The summed E-state index contributed by atoms with van der Waals surface area (Å²) in [6.07, 6.45) is 1.34. The molecule has 2 aromatic rings. The number of carbonyl (C=O) groups excluding carboxylic acids is 4. The van der Waals surface area contributed by atoms with Gasteiger partial charge in [-0.15, -0.1) is 0 Å². The number of nitrogens with zero attached hydrogens (tertiary/aromatic N) is 1. The van der Waals surface area contributed by atoms with Crippen LogP contribution in [0.2, 0.25) is 0 Å². The molecule has 1 N–H and O–H groups in total. The summed E-state index contributed by atoms with van der Waals surface area (Å²) in [6.45, 7) is 5.60. The molecule has 1 aliphatic heterocycles. The molecule has 0 saturated carbocycles. The molecule has 1 heterocycles. The third kappa shape index (κ3) is 6.18. The zero-order valence-corrected chi connectivity index (χ0v) is 21.2. The number of rotatable bonds is 11. The second-order valence-electron chi connectivity index (χ2n) is 9.11. The molecular weight excluding hydrogens is 460 g/mol. The maximum Gasteiger partial charge on any atom is 0.323 e. The maximum atomic E-state index is 13.7. The first kappa shape index (κ1) is 27.1. The smallest absolute Gasteiger partial charge is 0.323 e. The molecule has 1 aliphatic rings. The fourth-order valence-electron chi connectivity index (χ4n) is 4.68. The predicted molar refractivity (Wildman–Crippen MR) is 135 cm³/mol. The van der Waals surface area contributed by atoms with Gasteiger partial charge in [0.25, 0.3) is 0 Å². The predicted octanol–water partition coefficient (Wildman–Crippen LogP) is 3.31. The average Bonchev–Trinajstić information content (AvgIpc) is 3.25. The lowest BCUT2D eigenvalue weighted by molar-refractivity contribution is -0.148. The van der Waals surface area contributed by atoms with E-state index in [9.17, 15) is 19.2 Å². The van der Waals surface area contributed by atoms with Crippen LogP contribution in [0, 0.1) is 11.8 Å². The first-order valence-electron chi connectivity index (χ1n) is 12.2. The Balaban J connectivity index is 1.85. The van der Waals surface area contributed by atoms with E-state index in [4.69, 9.17) is 9.47 Å². The van der Waals surface area contributed by atoms with Gasteiger partial charge in [0.1, 0.15) is 12.3 Å². The second-order valence-corrected chi connectivity index (χ2v) is 9.11. The lowest BCUT2D eigenvalue weighted by Gasteiger charge is -2.32. The van der Waals surface area contributed by atoms with Gasteiger partial charge in [-0.3, -0.25) is 29.4 Å². The molecule has 0 aromatic heterocycles. The Hall–Kier alpha value is -3.52. The summed E-state index contributed by atoms with van der Waals surface area (Å²) >= 11 is 0. The van der Waals surface area contributed by atoms with Crippen molar-refractivity contribution in [3.63, 3.8) is 0 Å². The highest BCUT2D eigenvalue weighted by atomic mass is 16.5. The minimum absolute atomic E-state index is 0.148. The van der Waals surface area contributed by atoms with E-state index in [1.807, 2.05) is 30.3 Å². The molecular formula is C28H34N2O6. The highest BCUT2D eigenvalue weighted by Gasteiger charge is 2.38. The van der Waals surface area contributed by atoms with Crippen molar-refractivity contribution in [2.24, 2.45) is 11.8 Å². The SMILES string of the molecule is CCOC(=O)[C@H](C)C[C@@H](C)C(=O)N1c2ccccc2C[C@H]1N[C@@H](Cc1ccccc1C=O)C(=O)OC. The van der Waals surface area contributed by atoms with E-state index >= 15 is 0 Å². The number of ether oxygens (including phenoxy) is 2. The number of anilines is 1. The molecule has 3 rings (SSSR count). The zero-order valence-electron chi connectivity index (χ0n) is 21.2. The number of amides is 1. The summed E-state index contributed by atoms with van der Waals surface area (Å²) in [7, 11) is 1.31. The van der Waals surface area contributed by atoms with Crippen LogP contribution >= 0.6 is 0 Å². The number of aldehydes is 1. The minimum Gasteiger partial charge on any atom is -0.468 e. The number of hydrogen-bond acceptors (Lipinski definition) is 7.